The van der Waals surface area contributed by atoms with Gasteiger partial charge in [-0.3, -0.25) is 0 Å². The van der Waals surface area contributed by atoms with Crippen LogP contribution in [0.3, 0.4) is 0 Å². The molecule has 1 aliphatic rings. The molecule has 1 saturated heterocycles. The van der Waals surface area contributed by atoms with E-state index in [-0.39, 0.29) is 0 Å². The van der Waals surface area contributed by atoms with Gasteiger partial charge in [0.1, 0.15) is 0 Å². The van der Waals surface area contributed by atoms with Gasteiger partial charge in [-0.1, -0.05) is 27.7 Å². The molecule has 1 atom stereocenters. The van der Waals surface area contributed by atoms with Crippen LogP contribution in [0.5, 0.6) is 0 Å². The Morgan fingerprint density at radius 2 is 2.00 bits per heavy atom. The topological polar surface area (TPSA) is 12.0 Å². The minimum atomic E-state index is 0.492. The van der Waals surface area contributed by atoms with Crippen LogP contribution in [0.1, 0.15) is 59.8 Å². The first-order chi connectivity index (χ1) is 5.97. The maximum Gasteiger partial charge on any atom is 0.0179 e. The molecule has 1 N–H and O–H groups in total. The molecule has 1 fully saturated rings. The van der Waals surface area contributed by atoms with E-state index in [2.05, 4.69) is 33.0 Å². The predicted molar refractivity (Wildman–Crippen MR) is 58.9 cm³/mol. The molecule has 0 spiro atoms. The molecule has 1 aliphatic heterocycles. The third-order valence-corrected chi connectivity index (χ3v) is 3.36. The van der Waals surface area contributed by atoms with E-state index in [0.29, 0.717) is 11.0 Å². The number of hydrogen-bond acceptors (Lipinski definition) is 1. The van der Waals surface area contributed by atoms with Crippen LogP contribution in [0.2, 0.25) is 0 Å². The molecule has 0 saturated carbocycles. The van der Waals surface area contributed by atoms with E-state index in [1.807, 2.05) is 0 Å². The minimum absolute atomic E-state index is 0.492. The fourth-order valence-corrected chi connectivity index (χ4v) is 2.17. The zero-order valence-corrected chi connectivity index (χ0v) is 9.74. The van der Waals surface area contributed by atoms with Crippen LogP contribution in [-0.4, -0.2) is 12.1 Å². The summed E-state index contributed by atoms with van der Waals surface area (Å²) in [5, 5.41) is 3.69. The highest BCUT2D eigenvalue weighted by molar-refractivity contribution is 4.92. The molecule has 0 aromatic rings. The van der Waals surface area contributed by atoms with Gasteiger partial charge in [0.15, 0.2) is 0 Å². The Morgan fingerprint density at radius 1 is 1.31 bits per heavy atom. The zero-order chi connectivity index (χ0) is 9.95. The molecule has 78 valence electrons. The third-order valence-electron chi connectivity index (χ3n) is 3.36. The number of nitrogens with one attached hydrogen (secondary N) is 1. The fourth-order valence-electron chi connectivity index (χ4n) is 2.17. The van der Waals surface area contributed by atoms with Gasteiger partial charge in [-0.15, -0.1) is 0 Å². The van der Waals surface area contributed by atoms with Gasteiger partial charge in [0.05, 0.1) is 0 Å². The molecule has 0 amide bonds. The Kier molecular flexibility index (Phi) is 3.39. The van der Waals surface area contributed by atoms with Crippen molar-refractivity contribution in [3.63, 3.8) is 0 Å². The highest BCUT2D eigenvalue weighted by atomic mass is 15.0. The maximum atomic E-state index is 3.69. The van der Waals surface area contributed by atoms with Crippen LogP contribution >= 0.6 is 0 Å². The predicted octanol–water partition coefficient (Wildman–Crippen LogP) is 3.34. The first kappa shape index (κ1) is 11.0. The molecule has 0 aromatic heterocycles. The lowest BCUT2D eigenvalue weighted by atomic mass is 9.81. The quantitative estimate of drug-likeness (QED) is 0.707. The summed E-state index contributed by atoms with van der Waals surface area (Å²) in [6.07, 6.45) is 6.75. The molecular weight excluding hydrogens is 158 g/mol. The van der Waals surface area contributed by atoms with Gasteiger partial charge < -0.3 is 5.32 Å². The lowest BCUT2D eigenvalue weighted by molar-refractivity contribution is 0.262. The minimum Gasteiger partial charge on any atom is -0.311 e. The van der Waals surface area contributed by atoms with Gasteiger partial charge in [-0.2, -0.15) is 0 Å². The van der Waals surface area contributed by atoms with Crippen molar-refractivity contribution in [1.29, 1.82) is 0 Å². The normalized spacial score (nSPS) is 29.5. The first-order valence-electron chi connectivity index (χ1n) is 5.72. The van der Waals surface area contributed by atoms with Gasteiger partial charge in [0.25, 0.3) is 0 Å². The lowest BCUT2D eigenvalue weighted by Crippen LogP contribution is -2.39. The maximum absolute atomic E-state index is 3.69. The van der Waals surface area contributed by atoms with Gasteiger partial charge in [-0.05, 0) is 44.1 Å². The van der Waals surface area contributed by atoms with Crippen LogP contribution < -0.4 is 5.32 Å². The van der Waals surface area contributed by atoms with E-state index in [4.69, 9.17) is 0 Å². The average Bonchev–Trinajstić information content (AvgIpc) is 2.49. The van der Waals surface area contributed by atoms with Gasteiger partial charge >= 0.3 is 0 Å². The van der Waals surface area contributed by atoms with Crippen molar-refractivity contribution in [3.8, 4) is 0 Å². The molecule has 1 nitrogen and oxygen atoms in total. The van der Waals surface area contributed by atoms with E-state index in [1.165, 1.54) is 38.6 Å². The Labute approximate surface area is 83.3 Å². The Hall–Kier alpha value is -0.0400. The summed E-state index contributed by atoms with van der Waals surface area (Å²) in [6.45, 7) is 10.6. The van der Waals surface area contributed by atoms with Crippen molar-refractivity contribution in [2.45, 2.75) is 65.3 Å². The second kappa shape index (κ2) is 4.00. The molecule has 1 heterocycles. The molecule has 0 radical (unpaired) electrons. The number of hydrogen-bond donors (Lipinski definition) is 1. The second-order valence-electron chi connectivity index (χ2n) is 5.72. The fraction of sp³-hybridized carbons (Fsp3) is 1.00. The van der Waals surface area contributed by atoms with Crippen molar-refractivity contribution in [2.75, 3.05) is 6.54 Å². The van der Waals surface area contributed by atoms with Crippen molar-refractivity contribution < 1.29 is 0 Å². The van der Waals surface area contributed by atoms with Crippen LogP contribution in [0.25, 0.3) is 0 Å². The van der Waals surface area contributed by atoms with E-state index in [1.54, 1.807) is 0 Å². The van der Waals surface area contributed by atoms with E-state index in [0.717, 1.165) is 0 Å². The standard InChI is InChI=1S/C12H25N/c1-5-12(7-6-10-13-12)9-8-11(2,3)4/h13H,5-10H2,1-4H3. The van der Waals surface area contributed by atoms with E-state index >= 15 is 0 Å². The summed E-state index contributed by atoms with van der Waals surface area (Å²) in [5.74, 6) is 0. The van der Waals surface area contributed by atoms with Crippen LogP contribution in [-0.2, 0) is 0 Å². The van der Waals surface area contributed by atoms with E-state index in [9.17, 15) is 0 Å². The lowest BCUT2D eigenvalue weighted by Gasteiger charge is -2.31. The SMILES string of the molecule is CCC1(CCC(C)(C)C)CCCN1. The van der Waals surface area contributed by atoms with Crippen molar-refractivity contribution in [1.82, 2.24) is 5.32 Å². The summed E-state index contributed by atoms with van der Waals surface area (Å²) in [4.78, 5) is 0. The molecule has 0 aromatic carbocycles. The van der Waals surface area contributed by atoms with Gasteiger partial charge in [0, 0.05) is 5.54 Å². The van der Waals surface area contributed by atoms with Crippen molar-refractivity contribution in [3.05, 3.63) is 0 Å². The summed E-state index contributed by atoms with van der Waals surface area (Å²) < 4.78 is 0. The monoisotopic (exact) mass is 183 g/mol. The van der Waals surface area contributed by atoms with Crippen LogP contribution in [0.15, 0.2) is 0 Å². The average molecular weight is 183 g/mol. The summed E-state index contributed by atoms with van der Waals surface area (Å²) in [6, 6.07) is 0. The molecule has 1 unspecified atom stereocenters. The highest BCUT2D eigenvalue weighted by Crippen LogP contribution is 2.32. The molecule has 0 bridgehead atoms. The first-order valence-corrected chi connectivity index (χ1v) is 5.72. The number of rotatable bonds is 3. The molecule has 1 rings (SSSR count). The largest absolute Gasteiger partial charge is 0.311 e. The summed E-state index contributed by atoms with van der Waals surface area (Å²) in [7, 11) is 0. The molecular formula is C12H25N. The van der Waals surface area contributed by atoms with E-state index < -0.39 is 0 Å². The van der Waals surface area contributed by atoms with Gasteiger partial charge in [-0.25, -0.2) is 0 Å². The zero-order valence-electron chi connectivity index (χ0n) is 9.74. The Bertz CT molecular complexity index is 149. The van der Waals surface area contributed by atoms with Gasteiger partial charge in [0.2, 0.25) is 0 Å². The van der Waals surface area contributed by atoms with Crippen LogP contribution in [0.4, 0.5) is 0 Å². The Morgan fingerprint density at radius 3 is 2.38 bits per heavy atom. The van der Waals surface area contributed by atoms with Crippen molar-refractivity contribution >= 4 is 0 Å². The second-order valence-corrected chi connectivity index (χ2v) is 5.72. The Balaban J connectivity index is 2.40. The summed E-state index contributed by atoms with van der Waals surface area (Å²) in [5.41, 5.74) is 0.986. The van der Waals surface area contributed by atoms with Crippen LogP contribution in [0, 0.1) is 5.41 Å². The van der Waals surface area contributed by atoms with Crippen molar-refractivity contribution in [2.24, 2.45) is 5.41 Å². The highest BCUT2D eigenvalue weighted by Gasteiger charge is 2.32. The molecule has 1 heteroatoms. The molecule has 13 heavy (non-hydrogen) atoms. The summed E-state index contributed by atoms with van der Waals surface area (Å²) >= 11 is 0. The smallest absolute Gasteiger partial charge is 0.0179 e. The molecule has 0 aliphatic carbocycles. The third kappa shape index (κ3) is 3.30.